The monoisotopic (exact) mass is 474 g/mol. The van der Waals surface area contributed by atoms with Crippen molar-refractivity contribution >= 4 is 44.8 Å². The highest BCUT2D eigenvalue weighted by Crippen LogP contribution is 2.29. The van der Waals surface area contributed by atoms with Crippen LogP contribution in [-0.4, -0.2) is 25.2 Å². The van der Waals surface area contributed by atoms with Crippen molar-refractivity contribution < 1.29 is 13.2 Å². The molecule has 1 aliphatic rings. The van der Waals surface area contributed by atoms with Crippen molar-refractivity contribution in [1.82, 2.24) is 4.31 Å². The molecule has 0 aliphatic carbocycles. The van der Waals surface area contributed by atoms with Gasteiger partial charge in [0.15, 0.2) is 0 Å². The van der Waals surface area contributed by atoms with Crippen molar-refractivity contribution in [3.8, 4) is 0 Å². The van der Waals surface area contributed by atoms with Crippen LogP contribution in [0, 0.1) is 6.92 Å². The van der Waals surface area contributed by atoms with E-state index in [-0.39, 0.29) is 15.5 Å². The number of amides is 1. The maximum atomic E-state index is 13.3. The van der Waals surface area contributed by atoms with Crippen LogP contribution in [0.15, 0.2) is 65.6 Å². The van der Waals surface area contributed by atoms with Crippen LogP contribution in [0.25, 0.3) is 0 Å². The second-order valence-electron chi connectivity index (χ2n) is 7.37. The average Bonchev–Trinajstić information content (AvgIpc) is 2.76. The molecule has 0 aromatic heterocycles. The number of fused-ring (bicyclic) bond motifs is 1. The minimum atomic E-state index is -3.79. The van der Waals surface area contributed by atoms with Crippen LogP contribution in [-0.2, 0) is 23.0 Å². The van der Waals surface area contributed by atoms with Crippen LogP contribution < -0.4 is 5.32 Å². The standard InChI is InChI=1S/C23H20Cl2N2O3S/c1-15-20(24)7-4-8-22(15)26-23(28)19-13-18(9-10-21(19)25)31(29,30)27-12-11-16-5-2-3-6-17(16)14-27/h2-10,13H,11-12,14H2,1H3,(H,26,28). The summed E-state index contributed by atoms with van der Waals surface area (Å²) in [5.74, 6) is -0.503. The second kappa shape index (κ2) is 8.63. The van der Waals surface area contributed by atoms with Gasteiger partial charge in [0, 0.05) is 23.8 Å². The van der Waals surface area contributed by atoms with Crippen molar-refractivity contribution in [2.75, 3.05) is 11.9 Å². The number of carbonyl (C=O) groups excluding carboxylic acids is 1. The molecule has 1 amide bonds. The molecule has 3 aromatic rings. The van der Waals surface area contributed by atoms with E-state index in [0.29, 0.717) is 35.8 Å². The number of carbonyl (C=O) groups is 1. The molecule has 0 saturated heterocycles. The van der Waals surface area contributed by atoms with Gasteiger partial charge in [-0.15, -0.1) is 0 Å². The van der Waals surface area contributed by atoms with Crippen LogP contribution in [0.1, 0.15) is 27.0 Å². The van der Waals surface area contributed by atoms with E-state index >= 15 is 0 Å². The van der Waals surface area contributed by atoms with Gasteiger partial charge in [0.05, 0.1) is 15.5 Å². The molecule has 8 heteroatoms. The van der Waals surface area contributed by atoms with E-state index in [2.05, 4.69) is 5.32 Å². The van der Waals surface area contributed by atoms with Crippen molar-refractivity contribution in [1.29, 1.82) is 0 Å². The molecule has 3 aromatic carbocycles. The average molecular weight is 475 g/mol. The molecule has 0 fully saturated rings. The van der Waals surface area contributed by atoms with Gasteiger partial charge in [0.2, 0.25) is 10.0 Å². The van der Waals surface area contributed by atoms with Gasteiger partial charge in [0.25, 0.3) is 5.91 Å². The summed E-state index contributed by atoms with van der Waals surface area (Å²) < 4.78 is 28.0. The smallest absolute Gasteiger partial charge is 0.257 e. The molecular weight excluding hydrogens is 455 g/mol. The van der Waals surface area contributed by atoms with Gasteiger partial charge in [0.1, 0.15) is 0 Å². The van der Waals surface area contributed by atoms with Crippen LogP contribution in [0.4, 0.5) is 5.69 Å². The molecule has 1 N–H and O–H groups in total. The van der Waals surface area contributed by atoms with E-state index in [1.807, 2.05) is 24.3 Å². The highest BCUT2D eigenvalue weighted by molar-refractivity contribution is 7.89. The molecule has 1 aliphatic heterocycles. The maximum absolute atomic E-state index is 13.3. The predicted molar refractivity (Wildman–Crippen MR) is 123 cm³/mol. The van der Waals surface area contributed by atoms with E-state index in [1.54, 1.807) is 25.1 Å². The molecule has 160 valence electrons. The lowest BCUT2D eigenvalue weighted by atomic mass is 10.0. The normalized spacial score (nSPS) is 14.2. The van der Waals surface area contributed by atoms with Gasteiger partial charge in [-0.25, -0.2) is 8.42 Å². The van der Waals surface area contributed by atoms with Gasteiger partial charge in [-0.05, 0) is 60.4 Å². The third-order valence-electron chi connectivity index (χ3n) is 5.43. The molecule has 0 unspecified atom stereocenters. The third-order valence-corrected chi connectivity index (χ3v) is 8.01. The third kappa shape index (κ3) is 4.34. The molecule has 0 saturated carbocycles. The van der Waals surface area contributed by atoms with Gasteiger partial charge in [-0.3, -0.25) is 4.79 Å². The number of rotatable bonds is 4. The van der Waals surface area contributed by atoms with Crippen molar-refractivity contribution in [3.05, 3.63) is 93.0 Å². The Morgan fingerprint density at radius 2 is 1.71 bits per heavy atom. The lowest BCUT2D eigenvalue weighted by Crippen LogP contribution is -2.36. The zero-order valence-electron chi connectivity index (χ0n) is 16.7. The van der Waals surface area contributed by atoms with Crippen molar-refractivity contribution in [3.63, 3.8) is 0 Å². The Morgan fingerprint density at radius 1 is 0.968 bits per heavy atom. The van der Waals surface area contributed by atoms with Gasteiger partial charge < -0.3 is 5.32 Å². The number of hydrogen-bond donors (Lipinski definition) is 1. The minimum absolute atomic E-state index is 0.0317. The Balaban J connectivity index is 1.63. The number of halogens is 2. The SMILES string of the molecule is Cc1c(Cl)cccc1NC(=O)c1cc(S(=O)(=O)N2CCc3ccccc3C2)ccc1Cl. The quantitative estimate of drug-likeness (QED) is 0.557. The largest absolute Gasteiger partial charge is 0.322 e. The van der Waals surface area contributed by atoms with E-state index in [0.717, 1.165) is 11.1 Å². The summed E-state index contributed by atoms with van der Waals surface area (Å²) in [6.07, 6.45) is 0.643. The summed E-state index contributed by atoms with van der Waals surface area (Å²) in [6.45, 7) is 2.46. The number of benzene rings is 3. The molecule has 5 nitrogen and oxygen atoms in total. The van der Waals surface area contributed by atoms with Crippen LogP contribution >= 0.6 is 23.2 Å². The van der Waals surface area contributed by atoms with Gasteiger partial charge >= 0.3 is 0 Å². The zero-order chi connectivity index (χ0) is 22.2. The second-order valence-corrected chi connectivity index (χ2v) is 10.1. The Kier molecular flexibility index (Phi) is 6.08. The number of anilines is 1. The fourth-order valence-corrected chi connectivity index (χ4v) is 5.42. The van der Waals surface area contributed by atoms with Crippen LogP contribution in [0.3, 0.4) is 0 Å². The zero-order valence-corrected chi connectivity index (χ0v) is 19.1. The first-order valence-corrected chi connectivity index (χ1v) is 11.9. The fraction of sp³-hybridized carbons (Fsp3) is 0.174. The molecule has 4 rings (SSSR count). The molecule has 0 spiro atoms. The number of sulfonamides is 1. The Bertz CT molecular complexity index is 1280. The Labute approximate surface area is 191 Å². The van der Waals surface area contributed by atoms with E-state index in [9.17, 15) is 13.2 Å². The lowest BCUT2D eigenvalue weighted by molar-refractivity contribution is 0.102. The Hall–Kier alpha value is -2.38. The van der Waals surface area contributed by atoms with Crippen LogP contribution in [0.2, 0.25) is 10.0 Å². The minimum Gasteiger partial charge on any atom is -0.322 e. The summed E-state index contributed by atoms with van der Waals surface area (Å²) in [6, 6.07) is 17.2. The number of nitrogens with one attached hydrogen (secondary N) is 1. The molecule has 1 heterocycles. The maximum Gasteiger partial charge on any atom is 0.257 e. The summed E-state index contributed by atoms with van der Waals surface area (Å²) in [5, 5.41) is 3.45. The molecule has 31 heavy (non-hydrogen) atoms. The van der Waals surface area contributed by atoms with Crippen molar-refractivity contribution in [2.24, 2.45) is 0 Å². The molecule has 0 atom stereocenters. The summed E-state index contributed by atoms with van der Waals surface area (Å²) >= 11 is 12.4. The first-order valence-electron chi connectivity index (χ1n) is 9.70. The predicted octanol–water partition coefficient (Wildman–Crippen LogP) is 5.30. The van der Waals surface area contributed by atoms with E-state index in [4.69, 9.17) is 23.2 Å². The van der Waals surface area contributed by atoms with Gasteiger partial charge in [-0.2, -0.15) is 4.31 Å². The van der Waals surface area contributed by atoms with Crippen LogP contribution in [0.5, 0.6) is 0 Å². The first-order chi connectivity index (χ1) is 14.8. The lowest BCUT2D eigenvalue weighted by Gasteiger charge is -2.28. The topological polar surface area (TPSA) is 66.5 Å². The molecular formula is C23H20Cl2N2O3S. The van der Waals surface area contributed by atoms with Gasteiger partial charge in [-0.1, -0.05) is 53.5 Å². The summed E-state index contributed by atoms with van der Waals surface area (Å²) in [5.41, 5.74) is 3.47. The highest BCUT2D eigenvalue weighted by Gasteiger charge is 2.29. The molecule has 0 bridgehead atoms. The summed E-state index contributed by atoms with van der Waals surface area (Å²) in [7, 11) is -3.79. The fourth-order valence-electron chi connectivity index (χ4n) is 3.60. The summed E-state index contributed by atoms with van der Waals surface area (Å²) in [4.78, 5) is 12.9. The van der Waals surface area contributed by atoms with E-state index < -0.39 is 15.9 Å². The molecule has 0 radical (unpaired) electrons. The highest BCUT2D eigenvalue weighted by atomic mass is 35.5. The van der Waals surface area contributed by atoms with E-state index in [1.165, 1.54) is 22.5 Å². The first kappa shape index (κ1) is 21.8. The van der Waals surface area contributed by atoms with Crippen molar-refractivity contribution in [2.45, 2.75) is 24.8 Å². The number of nitrogens with zero attached hydrogens (tertiary/aromatic N) is 1. The Morgan fingerprint density at radius 3 is 2.48 bits per heavy atom. The number of hydrogen-bond acceptors (Lipinski definition) is 3.